The average Bonchev–Trinajstić information content (AvgIpc) is 2.52. The van der Waals surface area contributed by atoms with Crippen LogP contribution in [0.25, 0.3) is 0 Å². The number of carbonyl (C=O) groups excluding carboxylic acids is 1. The fourth-order valence-corrected chi connectivity index (χ4v) is 1.72. The van der Waals surface area contributed by atoms with E-state index in [2.05, 4.69) is 10.3 Å². The number of pyridine rings is 1. The number of nitrogens with zero attached hydrogens (tertiary/aromatic N) is 1. The van der Waals surface area contributed by atoms with Crippen LogP contribution >= 0.6 is 0 Å². The number of nitrogens with one attached hydrogen (secondary N) is 1. The Hall–Kier alpha value is -2.40. The molecule has 5 nitrogen and oxygen atoms in total. The minimum atomic E-state index is -0.354. The first kappa shape index (κ1) is 15.0. The molecule has 0 unspecified atom stereocenters. The van der Waals surface area contributed by atoms with Crippen LogP contribution in [0.2, 0.25) is 0 Å². The van der Waals surface area contributed by atoms with Crippen LogP contribution in [0.1, 0.15) is 18.1 Å². The SMILES string of the molecule is C[C@H](NCc1ccc(OCc2ccncc2)cc1)C(N)=O. The first-order chi connectivity index (χ1) is 10.1. The molecule has 1 heterocycles. The van der Waals surface area contributed by atoms with Gasteiger partial charge in [0, 0.05) is 18.9 Å². The van der Waals surface area contributed by atoms with Crippen molar-refractivity contribution < 1.29 is 9.53 Å². The third-order valence-electron chi connectivity index (χ3n) is 3.12. The van der Waals surface area contributed by atoms with Gasteiger partial charge in [-0.2, -0.15) is 0 Å². The predicted molar refractivity (Wildman–Crippen MR) is 80.5 cm³/mol. The van der Waals surface area contributed by atoms with Crippen LogP contribution < -0.4 is 15.8 Å². The number of aromatic nitrogens is 1. The molecule has 5 heteroatoms. The molecule has 0 saturated carbocycles. The minimum Gasteiger partial charge on any atom is -0.489 e. The van der Waals surface area contributed by atoms with Crippen molar-refractivity contribution in [1.82, 2.24) is 10.3 Å². The summed E-state index contributed by atoms with van der Waals surface area (Å²) in [7, 11) is 0. The monoisotopic (exact) mass is 285 g/mol. The van der Waals surface area contributed by atoms with E-state index in [1.54, 1.807) is 19.3 Å². The molecule has 0 aliphatic carbocycles. The molecule has 1 aromatic carbocycles. The Kier molecular flexibility index (Phi) is 5.29. The summed E-state index contributed by atoms with van der Waals surface area (Å²) in [6.45, 7) is 2.85. The molecule has 21 heavy (non-hydrogen) atoms. The molecule has 0 radical (unpaired) electrons. The van der Waals surface area contributed by atoms with Gasteiger partial charge in [0.1, 0.15) is 12.4 Å². The van der Waals surface area contributed by atoms with Gasteiger partial charge < -0.3 is 15.8 Å². The Bertz CT molecular complexity index is 570. The number of hydrogen-bond donors (Lipinski definition) is 2. The van der Waals surface area contributed by atoms with Crippen molar-refractivity contribution in [2.45, 2.75) is 26.1 Å². The van der Waals surface area contributed by atoms with Gasteiger partial charge in [-0.1, -0.05) is 12.1 Å². The zero-order chi connectivity index (χ0) is 15.1. The van der Waals surface area contributed by atoms with Crippen molar-refractivity contribution in [3.05, 3.63) is 59.9 Å². The lowest BCUT2D eigenvalue weighted by atomic mass is 10.2. The van der Waals surface area contributed by atoms with E-state index in [0.717, 1.165) is 16.9 Å². The zero-order valence-electron chi connectivity index (χ0n) is 12.0. The highest BCUT2D eigenvalue weighted by Crippen LogP contribution is 2.14. The van der Waals surface area contributed by atoms with Crippen molar-refractivity contribution in [1.29, 1.82) is 0 Å². The number of rotatable bonds is 7. The molecule has 2 rings (SSSR count). The maximum atomic E-state index is 10.9. The van der Waals surface area contributed by atoms with Gasteiger partial charge in [-0.05, 0) is 42.3 Å². The van der Waals surface area contributed by atoms with Gasteiger partial charge >= 0.3 is 0 Å². The van der Waals surface area contributed by atoms with E-state index in [1.807, 2.05) is 36.4 Å². The topological polar surface area (TPSA) is 77.2 Å². The average molecular weight is 285 g/mol. The van der Waals surface area contributed by atoms with Crippen LogP contribution in [0.3, 0.4) is 0 Å². The molecule has 0 spiro atoms. The molecule has 3 N–H and O–H groups in total. The van der Waals surface area contributed by atoms with Crippen molar-refractivity contribution >= 4 is 5.91 Å². The molecular weight excluding hydrogens is 266 g/mol. The molecule has 0 bridgehead atoms. The second-order valence-electron chi connectivity index (χ2n) is 4.79. The molecule has 1 amide bonds. The van der Waals surface area contributed by atoms with E-state index < -0.39 is 0 Å². The van der Waals surface area contributed by atoms with E-state index in [4.69, 9.17) is 10.5 Å². The highest BCUT2D eigenvalue weighted by atomic mass is 16.5. The van der Waals surface area contributed by atoms with Crippen molar-refractivity contribution in [2.75, 3.05) is 0 Å². The van der Waals surface area contributed by atoms with Crippen LogP contribution in [0.4, 0.5) is 0 Å². The lowest BCUT2D eigenvalue weighted by molar-refractivity contribution is -0.119. The summed E-state index contributed by atoms with van der Waals surface area (Å²) in [4.78, 5) is 14.9. The van der Waals surface area contributed by atoms with Gasteiger partial charge in [-0.3, -0.25) is 9.78 Å². The Balaban J connectivity index is 1.83. The summed E-state index contributed by atoms with van der Waals surface area (Å²) >= 11 is 0. The normalized spacial score (nSPS) is 11.9. The van der Waals surface area contributed by atoms with Crippen molar-refractivity contribution in [2.24, 2.45) is 5.73 Å². The van der Waals surface area contributed by atoms with Gasteiger partial charge in [0.15, 0.2) is 0 Å². The van der Waals surface area contributed by atoms with E-state index in [1.165, 1.54) is 0 Å². The Morgan fingerprint density at radius 2 is 1.86 bits per heavy atom. The highest BCUT2D eigenvalue weighted by Gasteiger charge is 2.06. The highest BCUT2D eigenvalue weighted by molar-refractivity contribution is 5.79. The number of nitrogens with two attached hydrogens (primary N) is 1. The van der Waals surface area contributed by atoms with E-state index in [-0.39, 0.29) is 11.9 Å². The summed E-state index contributed by atoms with van der Waals surface area (Å²) in [5.74, 6) is 0.450. The Morgan fingerprint density at radius 1 is 1.19 bits per heavy atom. The van der Waals surface area contributed by atoms with Crippen molar-refractivity contribution in [3.63, 3.8) is 0 Å². The Labute approximate surface area is 124 Å². The van der Waals surface area contributed by atoms with Crippen LogP contribution in [0.5, 0.6) is 5.75 Å². The second kappa shape index (κ2) is 7.40. The zero-order valence-corrected chi connectivity index (χ0v) is 12.0. The molecule has 0 aliphatic rings. The van der Waals surface area contributed by atoms with Crippen LogP contribution in [0.15, 0.2) is 48.8 Å². The van der Waals surface area contributed by atoms with Gasteiger partial charge in [0.25, 0.3) is 0 Å². The lowest BCUT2D eigenvalue weighted by Crippen LogP contribution is -2.38. The predicted octanol–water partition coefficient (Wildman–Crippen LogP) is 1.62. The number of hydrogen-bond acceptors (Lipinski definition) is 4. The molecule has 1 aromatic heterocycles. The molecule has 0 aliphatic heterocycles. The third-order valence-corrected chi connectivity index (χ3v) is 3.12. The maximum absolute atomic E-state index is 10.9. The fourth-order valence-electron chi connectivity index (χ4n) is 1.72. The number of primary amides is 1. The maximum Gasteiger partial charge on any atom is 0.234 e. The minimum absolute atomic E-state index is 0.340. The standard InChI is InChI=1S/C16H19N3O2/c1-12(16(17)20)19-10-13-2-4-15(5-3-13)21-11-14-6-8-18-9-7-14/h2-9,12,19H,10-11H2,1H3,(H2,17,20)/t12-/m0/s1. The Morgan fingerprint density at radius 3 is 2.48 bits per heavy atom. The van der Waals surface area contributed by atoms with E-state index in [0.29, 0.717) is 13.2 Å². The number of ether oxygens (including phenoxy) is 1. The first-order valence-corrected chi connectivity index (χ1v) is 6.78. The summed E-state index contributed by atoms with van der Waals surface area (Å²) in [6, 6.07) is 11.2. The summed E-state index contributed by atoms with van der Waals surface area (Å²) in [5.41, 5.74) is 7.34. The summed E-state index contributed by atoms with van der Waals surface area (Å²) in [5, 5.41) is 3.05. The first-order valence-electron chi connectivity index (χ1n) is 6.78. The summed E-state index contributed by atoms with van der Waals surface area (Å²) < 4.78 is 5.69. The molecule has 110 valence electrons. The van der Waals surface area contributed by atoms with E-state index in [9.17, 15) is 4.79 Å². The number of carbonyl (C=O) groups is 1. The molecule has 1 atom stereocenters. The molecule has 2 aromatic rings. The quantitative estimate of drug-likeness (QED) is 0.810. The van der Waals surface area contributed by atoms with Crippen LogP contribution in [-0.4, -0.2) is 16.9 Å². The largest absolute Gasteiger partial charge is 0.489 e. The van der Waals surface area contributed by atoms with Gasteiger partial charge in [-0.25, -0.2) is 0 Å². The smallest absolute Gasteiger partial charge is 0.234 e. The van der Waals surface area contributed by atoms with Gasteiger partial charge in [0.05, 0.1) is 6.04 Å². The molecule has 0 saturated heterocycles. The van der Waals surface area contributed by atoms with Gasteiger partial charge in [0.2, 0.25) is 5.91 Å². The van der Waals surface area contributed by atoms with E-state index >= 15 is 0 Å². The van der Waals surface area contributed by atoms with Crippen LogP contribution in [0, 0.1) is 0 Å². The van der Waals surface area contributed by atoms with Gasteiger partial charge in [-0.15, -0.1) is 0 Å². The molecular formula is C16H19N3O2. The molecule has 0 fully saturated rings. The number of benzene rings is 1. The fraction of sp³-hybridized carbons (Fsp3) is 0.250. The van der Waals surface area contributed by atoms with Crippen LogP contribution in [-0.2, 0) is 17.9 Å². The lowest BCUT2D eigenvalue weighted by Gasteiger charge is -2.11. The number of amides is 1. The van der Waals surface area contributed by atoms with Crippen molar-refractivity contribution in [3.8, 4) is 5.75 Å². The second-order valence-corrected chi connectivity index (χ2v) is 4.79. The third kappa shape index (κ3) is 4.89. The summed E-state index contributed by atoms with van der Waals surface area (Å²) in [6.07, 6.45) is 3.49.